The van der Waals surface area contributed by atoms with Gasteiger partial charge in [-0.15, -0.1) is 0 Å². The van der Waals surface area contributed by atoms with Crippen molar-refractivity contribution in [2.75, 3.05) is 19.7 Å². The summed E-state index contributed by atoms with van der Waals surface area (Å²) < 4.78 is 10.9. The number of aryl methyl sites for hydroxylation is 1. The van der Waals surface area contributed by atoms with Gasteiger partial charge in [0, 0.05) is 13.1 Å². The SMILES string of the molecule is Cc1noc([C@H]2C[C@@H](O)CN2CCCOc2ccc(C#N)cc2)n1. The molecule has 1 aromatic carbocycles. The molecular weight excluding hydrogens is 308 g/mol. The summed E-state index contributed by atoms with van der Waals surface area (Å²) >= 11 is 0. The van der Waals surface area contributed by atoms with Crippen molar-refractivity contribution in [2.24, 2.45) is 0 Å². The summed E-state index contributed by atoms with van der Waals surface area (Å²) in [5.41, 5.74) is 0.617. The van der Waals surface area contributed by atoms with Crippen LogP contribution in [-0.2, 0) is 0 Å². The monoisotopic (exact) mass is 328 g/mol. The first-order valence-corrected chi connectivity index (χ1v) is 8.01. The Morgan fingerprint density at radius 1 is 1.42 bits per heavy atom. The van der Waals surface area contributed by atoms with Gasteiger partial charge in [-0.1, -0.05) is 5.16 Å². The number of β-amino-alcohol motifs (C(OH)–C–C–N with tert-alkyl or cyclic N) is 1. The van der Waals surface area contributed by atoms with Crippen molar-refractivity contribution in [1.29, 1.82) is 5.26 Å². The first-order chi connectivity index (χ1) is 11.7. The third kappa shape index (κ3) is 3.91. The Morgan fingerprint density at radius 2 is 2.21 bits per heavy atom. The Balaban J connectivity index is 1.49. The largest absolute Gasteiger partial charge is 0.494 e. The van der Waals surface area contributed by atoms with Gasteiger partial charge in [0.2, 0.25) is 5.89 Å². The van der Waals surface area contributed by atoms with Gasteiger partial charge < -0.3 is 14.4 Å². The fourth-order valence-electron chi connectivity index (χ4n) is 2.92. The van der Waals surface area contributed by atoms with Crippen molar-refractivity contribution < 1.29 is 14.4 Å². The number of aliphatic hydroxyl groups is 1. The Bertz CT molecular complexity index is 707. The van der Waals surface area contributed by atoms with E-state index in [4.69, 9.17) is 14.5 Å². The zero-order valence-corrected chi connectivity index (χ0v) is 13.6. The minimum absolute atomic E-state index is 0.0314. The molecule has 0 radical (unpaired) electrons. The smallest absolute Gasteiger partial charge is 0.244 e. The van der Waals surface area contributed by atoms with Crippen LogP contribution < -0.4 is 4.74 Å². The number of nitrogens with zero attached hydrogens (tertiary/aromatic N) is 4. The highest BCUT2D eigenvalue weighted by atomic mass is 16.5. The molecule has 0 spiro atoms. The van der Waals surface area contributed by atoms with Gasteiger partial charge >= 0.3 is 0 Å². The van der Waals surface area contributed by atoms with Crippen LogP contribution in [-0.4, -0.2) is 45.9 Å². The second-order valence-electron chi connectivity index (χ2n) is 5.92. The van der Waals surface area contributed by atoms with Gasteiger partial charge in [0.15, 0.2) is 5.82 Å². The molecule has 2 aromatic rings. The van der Waals surface area contributed by atoms with Gasteiger partial charge in [-0.3, -0.25) is 4.90 Å². The lowest BCUT2D eigenvalue weighted by Crippen LogP contribution is -2.27. The molecule has 1 aromatic heterocycles. The van der Waals surface area contributed by atoms with Crippen molar-refractivity contribution >= 4 is 0 Å². The number of benzene rings is 1. The van der Waals surface area contributed by atoms with Gasteiger partial charge in [-0.05, 0) is 44.0 Å². The predicted molar refractivity (Wildman–Crippen MR) is 85.2 cm³/mol. The zero-order chi connectivity index (χ0) is 16.9. The van der Waals surface area contributed by atoms with Crippen LogP contribution in [0.4, 0.5) is 0 Å². The lowest BCUT2D eigenvalue weighted by molar-refractivity contribution is 0.166. The van der Waals surface area contributed by atoms with E-state index in [1.807, 2.05) is 0 Å². The molecule has 2 atom stereocenters. The van der Waals surface area contributed by atoms with Crippen LogP contribution in [0.25, 0.3) is 0 Å². The fraction of sp³-hybridized carbons (Fsp3) is 0.471. The Kier molecular flexibility index (Phi) is 5.08. The number of likely N-dealkylation sites (tertiary alicyclic amines) is 1. The number of hydrogen-bond acceptors (Lipinski definition) is 7. The van der Waals surface area contributed by atoms with Crippen LogP contribution in [0.5, 0.6) is 5.75 Å². The molecule has 0 saturated carbocycles. The van der Waals surface area contributed by atoms with Crippen molar-refractivity contribution in [3.8, 4) is 11.8 Å². The molecule has 126 valence electrons. The minimum atomic E-state index is -0.373. The number of rotatable bonds is 6. The number of nitriles is 1. The summed E-state index contributed by atoms with van der Waals surface area (Å²) in [6.07, 6.45) is 1.05. The normalized spacial score (nSPS) is 20.9. The van der Waals surface area contributed by atoms with Crippen LogP contribution in [0.15, 0.2) is 28.8 Å². The summed E-state index contributed by atoms with van der Waals surface area (Å²) in [4.78, 5) is 6.43. The molecule has 7 heteroatoms. The molecular formula is C17H20N4O3. The molecule has 0 aliphatic carbocycles. The zero-order valence-electron chi connectivity index (χ0n) is 13.6. The third-order valence-electron chi connectivity index (χ3n) is 4.05. The third-order valence-corrected chi connectivity index (χ3v) is 4.05. The molecule has 24 heavy (non-hydrogen) atoms. The highest BCUT2D eigenvalue weighted by Gasteiger charge is 2.35. The summed E-state index contributed by atoms with van der Waals surface area (Å²) in [5, 5.41) is 22.5. The first kappa shape index (κ1) is 16.4. The fourth-order valence-corrected chi connectivity index (χ4v) is 2.92. The van der Waals surface area contributed by atoms with E-state index in [2.05, 4.69) is 21.1 Å². The predicted octanol–water partition coefficient (Wildman–Crippen LogP) is 1.83. The van der Waals surface area contributed by atoms with Crippen LogP contribution in [0.3, 0.4) is 0 Å². The molecule has 1 aliphatic rings. The number of ether oxygens (including phenoxy) is 1. The molecule has 0 unspecified atom stereocenters. The van der Waals surface area contributed by atoms with E-state index in [1.165, 1.54) is 0 Å². The Hall–Kier alpha value is -2.43. The van der Waals surface area contributed by atoms with E-state index in [9.17, 15) is 5.11 Å². The van der Waals surface area contributed by atoms with Crippen LogP contribution in [0.1, 0.15) is 36.2 Å². The van der Waals surface area contributed by atoms with Crippen molar-refractivity contribution in [2.45, 2.75) is 31.9 Å². The van der Waals surface area contributed by atoms with E-state index < -0.39 is 0 Å². The standard InChI is InChI=1S/C17H20N4O3/c1-12-19-17(24-20-12)16-9-14(22)11-21(16)7-2-8-23-15-5-3-13(10-18)4-6-15/h3-6,14,16,22H,2,7-9,11H2,1H3/t14-,16-/m1/s1. The topological polar surface area (TPSA) is 95.4 Å². The summed E-state index contributed by atoms with van der Waals surface area (Å²) in [6, 6.07) is 9.11. The molecule has 7 nitrogen and oxygen atoms in total. The van der Waals surface area contributed by atoms with Crippen LogP contribution >= 0.6 is 0 Å². The van der Waals surface area contributed by atoms with E-state index in [0.29, 0.717) is 36.9 Å². The quantitative estimate of drug-likeness (QED) is 0.808. The lowest BCUT2D eigenvalue weighted by Gasteiger charge is -2.21. The summed E-state index contributed by atoms with van der Waals surface area (Å²) in [7, 11) is 0. The van der Waals surface area contributed by atoms with Crippen LogP contribution in [0.2, 0.25) is 0 Å². The molecule has 1 fully saturated rings. The lowest BCUT2D eigenvalue weighted by atomic mass is 10.2. The number of aliphatic hydroxyl groups excluding tert-OH is 1. The first-order valence-electron chi connectivity index (χ1n) is 8.01. The van der Waals surface area contributed by atoms with E-state index in [0.717, 1.165) is 18.7 Å². The highest BCUT2D eigenvalue weighted by molar-refractivity contribution is 5.34. The molecule has 0 amide bonds. The molecule has 2 heterocycles. The van der Waals surface area contributed by atoms with Crippen molar-refractivity contribution in [3.05, 3.63) is 41.5 Å². The van der Waals surface area contributed by atoms with Gasteiger partial charge in [-0.2, -0.15) is 10.2 Å². The molecule has 3 rings (SSSR count). The Labute approximate surface area is 140 Å². The molecule has 0 bridgehead atoms. The maximum Gasteiger partial charge on any atom is 0.244 e. The van der Waals surface area contributed by atoms with Gasteiger partial charge in [0.1, 0.15) is 5.75 Å². The molecule has 1 saturated heterocycles. The summed E-state index contributed by atoms with van der Waals surface area (Å²) in [5.74, 6) is 1.92. The average molecular weight is 328 g/mol. The number of hydrogen-bond donors (Lipinski definition) is 1. The van der Waals surface area contributed by atoms with E-state index >= 15 is 0 Å². The second-order valence-corrected chi connectivity index (χ2v) is 5.92. The van der Waals surface area contributed by atoms with Gasteiger partial charge in [0.05, 0.1) is 30.4 Å². The minimum Gasteiger partial charge on any atom is -0.494 e. The van der Waals surface area contributed by atoms with Crippen molar-refractivity contribution in [1.82, 2.24) is 15.0 Å². The van der Waals surface area contributed by atoms with Gasteiger partial charge in [0.25, 0.3) is 0 Å². The Morgan fingerprint density at radius 3 is 2.88 bits per heavy atom. The maximum atomic E-state index is 9.93. The van der Waals surface area contributed by atoms with E-state index in [-0.39, 0.29) is 12.1 Å². The van der Waals surface area contributed by atoms with Crippen LogP contribution in [0, 0.1) is 18.3 Å². The van der Waals surface area contributed by atoms with Gasteiger partial charge in [-0.25, -0.2) is 0 Å². The number of aromatic nitrogens is 2. The summed E-state index contributed by atoms with van der Waals surface area (Å²) in [6.45, 7) is 3.73. The van der Waals surface area contributed by atoms with Crippen molar-refractivity contribution in [3.63, 3.8) is 0 Å². The molecule has 1 N–H and O–H groups in total. The second kappa shape index (κ2) is 7.43. The van der Waals surface area contributed by atoms with E-state index in [1.54, 1.807) is 31.2 Å². The molecule has 1 aliphatic heterocycles. The highest BCUT2D eigenvalue weighted by Crippen LogP contribution is 2.31. The average Bonchev–Trinajstić information content (AvgIpc) is 3.17. The maximum absolute atomic E-state index is 9.93.